The predicted octanol–water partition coefficient (Wildman–Crippen LogP) is 3.43. The van der Waals surface area contributed by atoms with Gasteiger partial charge in [-0.3, -0.25) is 4.79 Å². The molecule has 1 amide bonds. The number of aromatic nitrogens is 2. The second-order valence-electron chi connectivity index (χ2n) is 7.45. The Bertz CT molecular complexity index is 792. The smallest absolute Gasteiger partial charge is 0.222 e. The predicted molar refractivity (Wildman–Crippen MR) is 98.4 cm³/mol. The van der Waals surface area contributed by atoms with Gasteiger partial charge in [0.15, 0.2) is 0 Å². The van der Waals surface area contributed by atoms with E-state index in [0.717, 1.165) is 31.8 Å². The van der Waals surface area contributed by atoms with Crippen molar-refractivity contribution in [3.63, 3.8) is 0 Å². The Labute approximate surface area is 149 Å². The van der Waals surface area contributed by atoms with Crippen molar-refractivity contribution in [2.24, 2.45) is 0 Å². The fourth-order valence-corrected chi connectivity index (χ4v) is 4.36. The summed E-state index contributed by atoms with van der Waals surface area (Å²) >= 11 is 0. The zero-order valence-electron chi connectivity index (χ0n) is 15.3. The maximum atomic E-state index is 12.7. The lowest BCUT2D eigenvalue weighted by Gasteiger charge is -2.35. The molecule has 4 rings (SSSR count). The normalized spacial score (nSPS) is 18.7. The van der Waals surface area contributed by atoms with Gasteiger partial charge in [-0.2, -0.15) is 0 Å². The Hall–Kier alpha value is -2.10. The Kier molecular flexibility index (Phi) is 4.36. The summed E-state index contributed by atoms with van der Waals surface area (Å²) in [7, 11) is 0. The third-order valence-corrected chi connectivity index (χ3v) is 5.81. The zero-order valence-corrected chi connectivity index (χ0v) is 15.3. The van der Waals surface area contributed by atoms with Crippen molar-refractivity contribution in [2.45, 2.75) is 71.5 Å². The van der Waals surface area contributed by atoms with Crippen molar-refractivity contribution >= 4 is 5.91 Å². The summed E-state index contributed by atoms with van der Waals surface area (Å²) in [5, 5.41) is 0. The summed E-state index contributed by atoms with van der Waals surface area (Å²) in [6, 6.07) is 7.08. The van der Waals surface area contributed by atoms with Crippen LogP contribution in [0.3, 0.4) is 0 Å². The molecule has 0 bridgehead atoms. The molecule has 0 saturated heterocycles. The van der Waals surface area contributed by atoms with Gasteiger partial charge in [0.1, 0.15) is 5.82 Å². The molecule has 1 aliphatic carbocycles. The van der Waals surface area contributed by atoms with Crippen LogP contribution in [0.15, 0.2) is 24.4 Å². The van der Waals surface area contributed by atoms with Crippen LogP contribution in [0.4, 0.5) is 0 Å². The topological polar surface area (TPSA) is 38.1 Å². The number of hydrogen-bond acceptors (Lipinski definition) is 2. The van der Waals surface area contributed by atoms with Gasteiger partial charge in [0.2, 0.25) is 5.91 Å². The van der Waals surface area contributed by atoms with E-state index in [4.69, 9.17) is 0 Å². The van der Waals surface area contributed by atoms with E-state index >= 15 is 0 Å². The molecule has 25 heavy (non-hydrogen) atoms. The summed E-state index contributed by atoms with van der Waals surface area (Å²) in [6.07, 6.45) is 8.14. The van der Waals surface area contributed by atoms with Gasteiger partial charge in [-0.15, -0.1) is 0 Å². The lowest BCUT2D eigenvalue weighted by Crippen LogP contribution is -2.44. The SMILES string of the molecule is CCC(=O)N(Cc1ccc2c(c1)CCC2)C1CCc2ncc(C)n2C1. The minimum atomic E-state index is 0.256. The fourth-order valence-electron chi connectivity index (χ4n) is 4.36. The van der Waals surface area contributed by atoms with Crippen LogP contribution in [0.2, 0.25) is 0 Å². The molecule has 1 aromatic carbocycles. The van der Waals surface area contributed by atoms with Crippen molar-refractivity contribution in [1.29, 1.82) is 0 Å². The molecule has 2 aromatic rings. The number of amides is 1. The molecule has 1 aromatic heterocycles. The molecule has 2 aliphatic rings. The van der Waals surface area contributed by atoms with Crippen LogP contribution in [0.1, 0.15) is 54.4 Å². The molecule has 0 fully saturated rings. The van der Waals surface area contributed by atoms with Crippen molar-refractivity contribution in [3.05, 3.63) is 52.6 Å². The van der Waals surface area contributed by atoms with Crippen LogP contribution < -0.4 is 0 Å². The molecule has 0 saturated carbocycles. The molecule has 4 nitrogen and oxygen atoms in total. The maximum absolute atomic E-state index is 12.7. The number of carbonyl (C=O) groups is 1. The number of rotatable bonds is 4. The largest absolute Gasteiger partial charge is 0.334 e. The Morgan fingerprint density at radius 2 is 2.12 bits per heavy atom. The number of fused-ring (bicyclic) bond motifs is 2. The molecule has 0 spiro atoms. The van der Waals surface area contributed by atoms with E-state index in [-0.39, 0.29) is 11.9 Å². The first-order chi connectivity index (χ1) is 12.2. The van der Waals surface area contributed by atoms with Crippen molar-refractivity contribution in [1.82, 2.24) is 14.5 Å². The quantitative estimate of drug-likeness (QED) is 0.857. The summed E-state index contributed by atoms with van der Waals surface area (Å²) in [6.45, 7) is 5.67. The van der Waals surface area contributed by atoms with E-state index in [1.165, 1.54) is 41.6 Å². The second-order valence-corrected chi connectivity index (χ2v) is 7.45. The highest BCUT2D eigenvalue weighted by Gasteiger charge is 2.28. The first-order valence-electron chi connectivity index (χ1n) is 9.57. The summed E-state index contributed by atoms with van der Waals surface area (Å²) in [4.78, 5) is 19.3. The van der Waals surface area contributed by atoms with Gasteiger partial charge in [-0.05, 0) is 49.3 Å². The molecule has 0 N–H and O–H groups in total. The molecular weight excluding hydrogens is 310 g/mol. The third kappa shape index (κ3) is 3.10. The molecule has 1 atom stereocenters. The van der Waals surface area contributed by atoms with Crippen LogP contribution in [0, 0.1) is 6.92 Å². The van der Waals surface area contributed by atoms with Crippen LogP contribution in [0.25, 0.3) is 0 Å². The van der Waals surface area contributed by atoms with E-state index in [0.29, 0.717) is 6.42 Å². The lowest BCUT2D eigenvalue weighted by molar-refractivity contribution is -0.134. The summed E-state index contributed by atoms with van der Waals surface area (Å²) < 4.78 is 2.28. The molecular formula is C21H27N3O. The van der Waals surface area contributed by atoms with Crippen LogP contribution in [-0.2, 0) is 37.1 Å². The van der Waals surface area contributed by atoms with Crippen molar-refractivity contribution < 1.29 is 4.79 Å². The minimum absolute atomic E-state index is 0.256. The Morgan fingerprint density at radius 3 is 2.96 bits per heavy atom. The number of hydrogen-bond donors (Lipinski definition) is 0. The van der Waals surface area contributed by atoms with Crippen LogP contribution in [-0.4, -0.2) is 26.4 Å². The van der Waals surface area contributed by atoms with Gasteiger partial charge in [0.25, 0.3) is 0 Å². The van der Waals surface area contributed by atoms with Crippen molar-refractivity contribution in [3.8, 4) is 0 Å². The first-order valence-corrected chi connectivity index (χ1v) is 9.57. The number of nitrogens with zero attached hydrogens (tertiary/aromatic N) is 3. The number of benzene rings is 1. The molecule has 2 heterocycles. The van der Waals surface area contributed by atoms with E-state index < -0.39 is 0 Å². The summed E-state index contributed by atoms with van der Waals surface area (Å²) in [5.41, 5.74) is 5.45. The zero-order chi connectivity index (χ0) is 17.4. The Balaban J connectivity index is 1.57. The average molecular weight is 337 g/mol. The average Bonchev–Trinajstić information content (AvgIpc) is 3.25. The number of imidazole rings is 1. The molecule has 4 heteroatoms. The van der Waals surface area contributed by atoms with Crippen LogP contribution >= 0.6 is 0 Å². The van der Waals surface area contributed by atoms with Crippen molar-refractivity contribution in [2.75, 3.05) is 0 Å². The third-order valence-electron chi connectivity index (χ3n) is 5.81. The van der Waals surface area contributed by atoms with E-state index in [1.807, 2.05) is 13.1 Å². The van der Waals surface area contributed by atoms with Gasteiger partial charge in [-0.1, -0.05) is 25.1 Å². The number of aryl methyl sites for hydroxylation is 4. The minimum Gasteiger partial charge on any atom is -0.334 e. The fraction of sp³-hybridized carbons (Fsp3) is 0.524. The monoisotopic (exact) mass is 337 g/mol. The standard InChI is InChI=1S/C21H27N3O/c1-3-21(25)24(13-16-7-8-17-5-4-6-18(17)11-16)19-9-10-20-22-12-15(2)23(20)14-19/h7-8,11-12,19H,3-6,9-10,13-14H2,1-2H3. The van der Waals surface area contributed by atoms with Gasteiger partial charge < -0.3 is 9.47 Å². The number of carbonyl (C=O) groups excluding carboxylic acids is 1. The van der Waals surface area contributed by atoms with Crippen LogP contribution in [0.5, 0.6) is 0 Å². The first kappa shape index (κ1) is 16.4. The Morgan fingerprint density at radius 1 is 1.28 bits per heavy atom. The molecule has 0 radical (unpaired) electrons. The highest BCUT2D eigenvalue weighted by molar-refractivity contribution is 5.76. The van der Waals surface area contributed by atoms with Gasteiger partial charge in [0.05, 0.1) is 6.04 Å². The highest BCUT2D eigenvalue weighted by atomic mass is 16.2. The van der Waals surface area contributed by atoms with Gasteiger partial charge >= 0.3 is 0 Å². The molecule has 132 valence electrons. The lowest BCUT2D eigenvalue weighted by atomic mass is 10.0. The van der Waals surface area contributed by atoms with E-state index in [9.17, 15) is 4.79 Å². The van der Waals surface area contributed by atoms with Gasteiger partial charge in [-0.25, -0.2) is 4.98 Å². The second kappa shape index (κ2) is 6.66. The highest BCUT2D eigenvalue weighted by Crippen LogP contribution is 2.26. The van der Waals surface area contributed by atoms with E-state index in [1.54, 1.807) is 0 Å². The maximum Gasteiger partial charge on any atom is 0.222 e. The molecule has 1 unspecified atom stereocenters. The van der Waals surface area contributed by atoms with Gasteiger partial charge in [0, 0.05) is 37.8 Å². The summed E-state index contributed by atoms with van der Waals surface area (Å²) in [5.74, 6) is 1.42. The van der Waals surface area contributed by atoms with E-state index in [2.05, 4.69) is 39.6 Å². The molecule has 1 aliphatic heterocycles.